The largest absolute Gasteiger partial charge is 0.363 e. The van der Waals surface area contributed by atoms with E-state index in [4.69, 9.17) is 0 Å². The third-order valence-corrected chi connectivity index (χ3v) is 1.95. The molecule has 0 atom stereocenters. The number of pyridine rings is 1. The number of nitrogens with one attached hydrogen (secondary N) is 2. The number of hydrogen-bond acceptors (Lipinski definition) is 5. The second kappa shape index (κ2) is 4.39. The molecule has 0 aliphatic carbocycles. The number of rotatable bonds is 4. The van der Waals surface area contributed by atoms with Gasteiger partial charge in [0.05, 0.1) is 11.5 Å². The average molecular weight is 219 g/mol. The molecule has 0 spiro atoms. The Bertz CT molecular complexity index is 465. The quantitative estimate of drug-likeness (QED) is 0.597. The summed E-state index contributed by atoms with van der Waals surface area (Å²) in [6.45, 7) is 0.498. The Labute approximate surface area is 90.7 Å². The monoisotopic (exact) mass is 219 g/mol. The first-order valence-electron chi connectivity index (χ1n) is 4.58. The molecule has 0 saturated heterocycles. The minimum atomic E-state index is -0.483. The predicted octanol–water partition coefficient (Wildman–Crippen LogP) is 1.32. The van der Waals surface area contributed by atoms with Gasteiger partial charge in [0, 0.05) is 18.5 Å². The van der Waals surface area contributed by atoms with Crippen LogP contribution in [0.25, 0.3) is 0 Å². The first-order valence-corrected chi connectivity index (χ1v) is 4.58. The Morgan fingerprint density at radius 1 is 1.44 bits per heavy atom. The first-order chi connectivity index (χ1) is 7.75. The lowest BCUT2D eigenvalue weighted by Crippen LogP contribution is -2.02. The molecule has 0 radical (unpaired) electrons. The van der Waals surface area contributed by atoms with Crippen LogP contribution in [0, 0.1) is 10.1 Å². The van der Waals surface area contributed by atoms with Gasteiger partial charge in [-0.1, -0.05) is 0 Å². The predicted molar refractivity (Wildman–Crippen MR) is 56.8 cm³/mol. The van der Waals surface area contributed by atoms with Crippen molar-refractivity contribution in [2.75, 3.05) is 5.32 Å². The van der Waals surface area contributed by atoms with Crippen LogP contribution in [0.15, 0.2) is 30.7 Å². The standard InChI is InChI=1S/C9H9N5O2/c15-14(16)7-1-2-8(12-5-7)13-6-9-10-3-4-11-9/h1-5H,6H2,(H,10,11)(H,12,13). The number of nitrogens with zero attached hydrogens (tertiary/aromatic N) is 3. The lowest BCUT2D eigenvalue weighted by molar-refractivity contribution is -0.385. The summed E-state index contributed by atoms with van der Waals surface area (Å²) in [5.41, 5.74) is -0.0245. The fourth-order valence-electron chi connectivity index (χ4n) is 1.17. The van der Waals surface area contributed by atoms with Crippen LogP contribution < -0.4 is 5.32 Å². The van der Waals surface area contributed by atoms with Crippen LogP contribution in [0.4, 0.5) is 11.5 Å². The van der Waals surface area contributed by atoms with E-state index >= 15 is 0 Å². The van der Waals surface area contributed by atoms with Gasteiger partial charge in [-0.25, -0.2) is 9.97 Å². The second-order valence-electron chi connectivity index (χ2n) is 3.05. The Balaban J connectivity index is 1.98. The number of nitro groups is 1. The van der Waals surface area contributed by atoms with E-state index in [1.54, 1.807) is 18.5 Å². The summed E-state index contributed by atoms with van der Waals surface area (Å²) in [4.78, 5) is 20.8. The van der Waals surface area contributed by atoms with Gasteiger partial charge >= 0.3 is 0 Å². The Hall–Kier alpha value is -2.44. The summed E-state index contributed by atoms with van der Waals surface area (Å²) in [5.74, 6) is 1.35. The summed E-state index contributed by atoms with van der Waals surface area (Å²) in [7, 11) is 0. The van der Waals surface area contributed by atoms with Gasteiger partial charge in [-0.2, -0.15) is 0 Å². The highest BCUT2D eigenvalue weighted by atomic mass is 16.6. The van der Waals surface area contributed by atoms with Gasteiger partial charge in [0.2, 0.25) is 0 Å². The molecule has 2 aromatic rings. The van der Waals surface area contributed by atoms with Crippen molar-refractivity contribution in [3.63, 3.8) is 0 Å². The van der Waals surface area contributed by atoms with Gasteiger partial charge in [0.25, 0.3) is 5.69 Å². The van der Waals surface area contributed by atoms with Crippen LogP contribution in [0.2, 0.25) is 0 Å². The zero-order valence-corrected chi connectivity index (χ0v) is 8.25. The van der Waals surface area contributed by atoms with Crippen molar-refractivity contribution >= 4 is 11.5 Å². The molecule has 0 saturated carbocycles. The molecule has 2 N–H and O–H groups in total. The molecule has 0 aromatic carbocycles. The Kier molecular flexibility index (Phi) is 2.77. The molecule has 16 heavy (non-hydrogen) atoms. The number of hydrogen-bond donors (Lipinski definition) is 2. The maximum absolute atomic E-state index is 10.4. The normalized spacial score (nSPS) is 10.0. The maximum atomic E-state index is 10.4. The summed E-state index contributed by atoms with van der Waals surface area (Å²) >= 11 is 0. The van der Waals surface area contributed by atoms with E-state index < -0.39 is 4.92 Å². The summed E-state index contributed by atoms with van der Waals surface area (Å²) in [6.07, 6.45) is 4.59. The van der Waals surface area contributed by atoms with Crippen LogP contribution in [-0.2, 0) is 6.54 Å². The van der Waals surface area contributed by atoms with Gasteiger partial charge < -0.3 is 10.3 Å². The van der Waals surface area contributed by atoms with E-state index in [1.807, 2.05) is 0 Å². The molecular weight excluding hydrogens is 210 g/mol. The SMILES string of the molecule is O=[N+]([O-])c1ccc(NCc2ncc[nH]2)nc1. The maximum Gasteiger partial charge on any atom is 0.287 e. The van der Waals surface area contributed by atoms with E-state index in [0.29, 0.717) is 12.4 Å². The molecule has 0 aliphatic heterocycles. The fourth-order valence-corrected chi connectivity index (χ4v) is 1.17. The highest BCUT2D eigenvalue weighted by molar-refractivity contribution is 5.40. The van der Waals surface area contributed by atoms with Crippen LogP contribution >= 0.6 is 0 Å². The molecule has 2 aromatic heterocycles. The van der Waals surface area contributed by atoms with Gasteiger partial charge in [-0.15, -0.1) is 0 Å². The smallest absolute Gasteiger partial charge is 0.287 e. The highest BCUT2D eigenvalue weighted by Gasteiger charge is 2.04. The molecule has 82 valence electrons. The minimum Gasteiger partial charge on any atom is -0.363 e. The van der Waals surface area contributed by atoms with Gasteiger partial charge in [-0.05, 0) is 6.07 Å². The number of aromatic amines is 1. The van der Waals surface area contributed by atoms with Crippen LogP contribution in [-0.4, -0.2) is 19.9 Å². The Morgan fingerprint density at radius 2 is 2.31 bits per heavy atom. The molecule has 0 unspecified atom stereocenters. The lowest BCUT2D eigenvalue weighted by atomic mass is 10.4. The molecule has 0 amide bonds. The van der Waals surface area contributed by atoms with Crippen molar-refractivity contribution in [3.05, 3.63) is 46.7 Å². The number of imidazole rings is 1. The molecule has 2 rings (SSSR count). The molecule has 2 heterocycles. The lowest BCUT2D eigenvalue weighted by Gasteiger charge is -2.02. The van der Waals surface area contributed by atoms with E-state index in [9.17, 15) is 10.1 Å². The van der Waals surface area contributed by atoms with E-state index in [0.717, 1.165) is 5.82 Å². The minimum absolute atomic E-state index is 0.0245. The van der Waals surface area contributed by atoms with Crippen molar-refractivity contribution < 1.29 is 4.92 Å². The molecule has 0 bridgehead atoms. The third kappa shape index (κ3) is 2.32. The molecule has 7 heteroatoms. The Morgan fingerprint density at radius 3 is 2.88 bits per heavy atom. The zero-order valence-electron chi connectivity index (χ0n) is 8.25. The first kappa shape index (κ1) is 10.1. The number of anilines is 1. The van der Waals surface area contributed by atoms with Crippen molar-refractivity contribution in [1.29, 1.82) is 0 Å². The van der Waals surface area contributed by atoms with Gasteiger partial charge in [0.15, 0.2) is 0 Å². The molecular formula is C9H9N5O2. The van der Waals surface area contributed by atoms with Crippen LogP contribution in [0.5, 0.6) is 0 Å². The van der Waals surface area contributed by atoms with Crippen molar-refractivity contribution in [1.82, 2.24) is 15.0 Å². The molecule has 7 nitrogen and oxygen atoms in total. The van der Waals surface area contributed by atoms with Crippen LogP contribution in [0.1, 0.15) is 5.82 Å². The average Bonchev–Trinajstić information content (AvgIpc) is 2.80. The fraction of sp³-hybridized carbons (Fsp3) is 0.111. The molecule has 0 aliphatic rings. The second-order valence-corrected chi connectivity index (χ2v) is 3.05. The van der Waals surface area contributed by atoms with Crippen molar-refractivity contribution in [3.8, 4) is 0 Å². The van der Waals surface area contributed by atoms with Crippen molar-refractivity contribution in [2.45, 2.75) is 6.54 Å². The van der Waals surface area contributed by atoms with Crippen molar-refractivity contribution in [2.24, 2.45) is 0 Å². The zero-order chi connectivity index (χ0) is 11.4. The number of H-pyrrole nitrogens is 1. The van der Waals surface area contributed by atoms with E-state index in [-0.39, 0.29) is 5.69 Å². The van der Waals surface area contributed by atoms with Crippen LogP contribution in [0.3, 0.4) is 0 Å². The van der Waals surface area contributed by atoms with Gasteiger partial charge in [0.1, 0.15) is 17.8 Å². The highest BCUT2D eigenvalue weighted by Crippen LogP contribution is 2.11. The summed E-state index contributed by atoms with van der Waals surface area (Å²) < 4.78 is 0. The van der Waals surface area contributed by atoms with E-state index in [1.165, 1.54) is 12.3 Å². The number of aromatic nitrogens is 3. The topological polar surface area (TPSA) is 96.7 Å². The summed E-state index contributed by atoms with van der Waals surface area (Å²) in [5, 5.41) is 13.4. The molecule has 0 fully saturated rings. The summed E-state index contributed by atoms with van der Waals surface area (Å²) in [6, 6.07) is 2.96. The van der Waals surface area contributed by atoms with Gasteiger partial charge in [-0.3, -0.25) is 10.1 Å². The third-order valence-electron chi connectivity index (χ3n) is 1.95. The van der Waals surface area contributed by atoms with E-state index in [2.05, 4.69) is 20.3 Å².